The zero-order chi connectivity index (χ0) is 24.1. The van der Waals surface area contributed by atoms with E-state index >= 15 is 0 Å². The van der Waals surface area contributed by atoms with Crippen LogP contribution in [0.5, 0.6) is 0 Å². The van der Waals surface area contributed by atoms with E-state index in [4.69, 9.17) is 10.5 Å². The highest BCUT2D eigenvalue weighted by Gasteiger charge is 2.26. The van der Waals surface area contributed by atoms with Crippen molar-refractivity contribution in [3.05, 3.63) is 45.8 Å². The number of amides is 2. The predicted octanol–water partition coefficient (Wildman–Crippen LogP) is 3.65. The predicted molar refractivity (Wildman–Crippen MR) is 129 cm³/mol. The van der Waals surface area contributed by atoms with E-state index in [2.05, 4.69) is 15.5 Å². The van der Waals surface area contributed by atoms with Gasteiger partial charge in [-0.25, -0.2) is 4.79 Å². The summed E-state index contributed by atoms with van der Waals surface area (Å²) in [6, 6.07) is 7.99. The molecule has 2 aromatic heterocycles. The SMILES string of the molecule is CCOC(=O)c1c(NC(=O)CSc2nnc(-c3ccc(C)cc3)n2CC)sc(C(N)=O)c1C. The third-order valence-electron chi connectivity index (χ3n) is 4.78. The number of nitrogens with one attached hydrogen (secondary N) is 1. The molecule has 0 aliphatic rings. The molecule has 9 nitrogen and oxygen atoms in total. The Morgan fingerprint density at radius 3 is 2.45 bits per heavy atom. The number of nitrogens with two attached hydrogens (primary N) is 1. The molecule has 3 N–H and O–H groups in total. The smallest absolute Gasteiger partial charge is 0.341 e. The molecule has 0 spiro atoms. The van der Waals surface area contributed by atoms with Gasteiger partial charge >= 0.3 is 5.97 Å². The number of carbonyl (C=O) groups excluding carboxylic acids is 3. The number of primary amides is 1. The van der Waals surface area contributed by atoms with Gasteiger partial charge in [0.25, 0.3) is 5.91 Å². The quantitative estimate of drug-likeness (QED) is 0.348. The van der Waals surface area contributed by atoms with E-state index in [-0.39, 0.29) is 33.7 Å². The summed E-state index contributed by atoms with van der Waals surface area (Å²) in [6.07, 6.45) is 0. The molecule has 0 radical (unpaired) electrons. The first-order valence-corrected chi connectivity index (χ1v) is 12.1. The van der Waals surface area contributed by atoms with Gasteiger partial charge in [0.2, 0.25) is 5.91 Å². The van der Waals surface area contributed by atoms with Crippen LogP contribution in [0.15, 0.2) is 29.4 Å². The third-order valence-corrected chi connectivity index (χ3v) is 6.97. The van der Waals surface area contributed by atoms with Crippen LogP contribution in [0, 0.1) is 13.8 Å². The highest BCUT2D eigenvalue weighted by molar-refractivity contribution is 7.99. The molecule has 0 aliphatic heterocycles. The maximum absolute atomic E-state index is 12.7. The van der Waals surface area contributed by atoms with Crippen LogP contribution in [0.1, 0.15) is 45.0 Å². The molecule has 0 saturated carbocycles. The van der Waals surface area contributed by atoms with Gasteiger partial charge in [-0.15, -0.1) is 21.5 Å². The van der Waals surface area contributed by atoms with Gasteiger partial charge in [-0.1, -0.05) is 41.6 Å². The average Bonchev–Trinajstić information content (AvgIpc) is 3.33. The number of esters is 1. The van der Waals surface area contributed by atoms with Gasteiger partial charge in [-0.05, 0) is 33.3 Å². The van der Waals surface area contributed by atoms with Crippen molar-refractivity contribution in [2.24, 2.45) is 5.73 Å². The monoisotopic (exact) mass is 487 g/mol. The fourth-order valence-electron chi connectivity index (χ4n) is 3.18. The lowest BCUT2D eigenvalue weighted by molar-refractivity contribution is -0.113. The standard InChI is InChI=1S/C22H25N5O4S2/c1-5-27-19(14-9-7-12(3)8-10-14)25-26-22(27)32-11-15(28)24-20-16(21(30)31-6-2)13(4)17(33-20)18(23)29/h7-10H,5-6,11H2,1-4H3,(H2,23,29)(H,24,28). The zero-order valence-corrected chi connectivity index (χ0v) is 20.4. The Morgan fingerprint density at radius 1 is 1.15 bits per heavy atom. The van der Waals surface area contributed by atoms with Gasteiger partial charge in [0, 0.05) is 12.1 Å². The molecule has 0 fully saturated rings. The summed E-state index contributed by atoms with van der Waals surface area (Å²) in [5, 5.41) is 12.1. The van der Waals surface area contributed by atoms with Crippen molar-refractivity contribution < 1.29 is 19.1 Å². The van der Waals surface area contributed by atoms with Crippen LogP contribution in [0.2, 0.25) is 0 Å². The largest absolute Gasteiger partial charge is 0.462 e. The first-order chi connectivity index (χ1) is 15.8. The van der Waals surface area contributed by atoms with Crippen molar-refractivity contribution in [2.45, 2.75) is 39.4 Å². The molecule has 0 bridgehead atoms. The van der Waals surface area contributed by atoms with Crippen LogP contribution in [0.4, 0.5) is 5.00 Å². The van der Waals surface area contributed by atoms with Gasteiger partial charge in [0.1, 0.15) is 5.00 Å². The number of benzene rings is 1. The maximum atomic E-state index is 12.7. The van der Waals surface area contributed by atoms with E-state index in [9.17, 15) is 14.4 Å². The summed E-state index contributed by atoms with van der Waals surface area (Å²) < 4.78 is 7.01. The van der Waals surface area contributed by atoms with E-state index in [1.807, 2.05) is 42.7 Å². The van der Waals surface area contributed by atoms with E-state index in [1.165, 1.54) is 11.8 Å². The minimum absolute atomic E-state index is 0.0388. The zero-order valence-electron chi connectivity index (χ0n) is 18.8. The van der Waals surface area contributed by atoms with Crippen LogP contribution in [-0.2, 0) is 16.1 Å². The topological polar surface area (TPSA) is 129 Å². The number of nitrogens with zero attached hydrogens (tertiary/aromatic N) is 3. The number of aryl methyl sites for hydroxylation is 1. The molecule has 2 amide bonds. The van der Waals surface area contributed by atoms with Crippen LogP contribution in [0.25, 0.3) is 11.4 Å². The number of ether oxygens (including phenoxy) is 1. The van der Waals surface area contributed by atoms with Crippen molar-refractivity contribution >= 4 is 45.9 Å². The van der Waals surface area contributed by atoms with Crippen molar-refractivity contribution in [3.8, 4) is 11.4 Å². The van der Waals surface area contributed by atoms with Crippen molar-refractivity contribution in [3.63, 3.8) is 0 Å². The number of thiophene rings is 1. The van der Waals surface area contributed by atoms with E-state index in [0.29, 0.717) is 17.3 Å². The Kier molecular flexibility index (Phi) is 7.88. The van der Waals surface area contributed by atoms with Crippen molar-refractivity contribution in [1.82, 2.24) is 14.8 Å². The number of rotatable bonds is 9. The minimum atomic E-state index is -0.669. The molecule has 0 unspecified atom stereocenters. The molecule has 0 aliphatic carbocycles. The van der Waals surface area contributed by atoms with E-state index < -0.39 is 11.9 Å². The van der Waals surface area contributed by atoms with Crippen molar-refractivity contribution in [1.29, 1.82) is 0 Å². The second-order valence-corrected chi connectivity index (χ2v) is 9.06. The molecule has 0 atom stereocenters. The molecule has 2 heterocycles. The van der Waals surface area contributed by atoms with Gasteiger partial charge in [-0.2, -0.15) is 0 Å². The lowest BCUT2D eigenvalue weighted by Gasteiger charge is -2.09. The first kappa shape index (κ1) is 24.5. The maximum Gasteiger partial charge on any atom is 0.341 e. The molecule has 11 heteroatoms. The first-order valence-electron chi connectivity index (χ1n) is 10.3. The third kappa shape index (κ3) is 5.42. The Bertz CT molecular complexity index is 1180. The van der Waals surface area contributed by atoms with Crippen LogP contribution in [0.3, 0.4) is 0 Å². The fourth-order valence-corrected chi connectivity index (χ4v) is 5.04. The number of carbonyl (C=O) groups is 3. The Labute approximate surface area is 199 Å². The lowest BCUT2D eigenvalue weighted by Crippen LogP contribution is -2.17. The summed E-state index contributed by atoms with van der Waals surface area (Å²) in [4.78, 5) is 37.0. The van der Waals surface area contributed by atoms with Crippen LogP contribution < -0.4 is 11.1 Å². The van der Waals surface area contributed by atoms with E-state index in [1.54, 1.807) is 13.8 Å². The molecule has 3 aromatic rings. The Balaban J connectivity index is 1.76. The van der Waals surface area contributed by atoms with Gasteiger partial charge in [0.05, 0.1) is 22.8 Å². The molecule has 1 aromatic carbocycles. The van der Waals surface area contributed by atoms with Gasteiger partial charge < -0.3 is 20.4 Å². The number of thioether (sulfide) groups is 1. The normalized spacial score (nSPS) is 10.8. The average molecular weight is 488 g/mol. The second-order valence-electron chi connectivity index (χ2n) is 7.10. The minimum Gasteiger partial charge on any atom is -0.462 e. The lowest BCUT2D eigenvalue weighted by atomic mass is 10.1. The highest BCUT2D eigenvalue weighted by Crippen LogP contribution is 2.34. The van der Waals surface area contributed by atoms with Gasteiger partial charge in [-0.3, -0.25) is 9.59 Å². The van der Waals surface area contributed by atoms with Crippen LogP contribution in [-0.4, -0.2) is 44.9 Å². The van der Waals surface area contributed by atoms with E-state index in [0.717, 1.165) is 28.3 Å². The number of aromatic nitrogens is 3. The fraction of sp³-hybridized carbons (Fsp3) is 0.318. The molecular weight excluding hydrogens is 462 g/mol. The number of hydrogen-bond donors (Lipinski definition) is 2. The highest BCUT2D eigenvalue weighted by atomic mass is 32.2. The number of anilines is 1. The van der Waals surface area contributed by atoms with Crippen LogP contribution >= 0.6 is 23.1 Å². The molecular formula is C22H25N5O4S2. The van der Waals surface area contributed by atoms with Gasteiger partial charge in [0.15, 0.2) is 11.0 Å². The Hall–Kier alpha value is -3.18. The molecule has 3 rings (SSSR count). The number of hydrogen-bond acceptors (Lipinski definition) is 8. The molecule has 33 heavy (non-hydrogen) atoms. The van der Waals surface area contributed by atoms with Crippen molar-refractivity contribution in [2.75, 3.05) is 17.7 Å². The molecule has 174 valence electrons. The Morgan fingerprint density at radius 2 is 1.85 bits per heavy atom. The summed E-state index contributed by atoms with van der Waals surface area (Å²) in [5.41, 5.74) is 8.04. The summed E-state index contributed by atoms with van der Waals surface area (Å²) in [5.74, 6) is -0.875. The summed E-state index contributed by atoms with van der Waals surface area (Å²) in [6.45, 7) is 8.08. The summed E-state index contributed by atoms with van der Waals surface area (Å²) >= 11 is 2.19. The summed E-state index contributed by atoms with van der Waals surface area (Å²) in [7, 11) is 0. The second kappa shape index (κ2) is 10.6. The molecule has 0 saturated heterocycles.